The Balaban J connectivity index is 1.53. The van der Waals surface area contributed by atoms with Gasteiger partial charge in [0.25, 0.3) is 0 Å². The van der Waals surface area contributed by atoms with Crippen LogP contribution >= 0.6 is 0 Å². The molecule has 116 valence electrons. The van der Waals surface area contributed by atoms with Crippen LogP contribution in [0, 0.1) is 11.8 Å². The fraction of sp³-hybridized carbons (Fsp3) is 1.00. The van der Waals surface area contributed by atoms with Crippen LogP contribution < -0.4 is 5.32 Å². The lowest BCUT2D eigenvalue weighted by Crippen LogP contribution is -2.47. The van der Waals surface area contributed by atoms with Gasteiger partial charge in [0.05, 0.1) is 13.2 Å². The number of piperidine rings is 1. The zero-order chi connectivity index (χ0) is 13.8. The van der Waals surface area contributed by atoms with Crippen LogP contribution in [-0.2, 0) is 4.74 Å². The molecule has 0 aromatic carbocycles. The van der Waals surface area contributed by atoms with Crippen LogP contribution in [-0.4, -0.2) is 74.9 Å². The second kappa shape index (κ2) is 7.21. The second-order valence-electron chi connectivity index (χ2n) is 6.81. The van der Waals surface area contributed by atoms with Gasteiger partial charge in [0.2, 0.25) is 0 Å². The van der Waals surface area contributed by atoms with Crippen molar-refractivity contribution in [1.29, 1.82) is 0 Å². The van der Waals surface area contributed by atoms with Gasteiger partial charge >= 0.3 is 0 Å². The van der Waals surface area contributed by atoms with E-state index in [-0.39, 0.29) is 0 Å². The molecule has 0 bridgehead atoms. The molecule has 3 fully saturated rings. The Kier molecular flexibility index (Phi) is 5.32. The highest BCUT2D eigenvalue weighted by atomic mass is 16.5. The third kappa shape index (κ3) is 3.53. The van der Waals surface area contributed by atoms with Crippen molar-refractivity contribution in [2.75, 3.05) is 59.0 Å². The minimum Gasteiger partial charge on any atom is -0.379 e. The molecule has 0 amide bonds. The van der Waals surface area contributed by atoms with E-state index in [1.807, 2.05) is 0 Å². The molecule has 0 saturated carbocycles. The molecule has 4 nitrogen and oxygen atoms in total. The Hall–Kier alpha value is -0.160. The number of ether oxygens (including phenoxy) is 1. The maximum absolute atomic E-state index is 5.51. The Labute approximate surface area is 123 Å². The molecular formula is C16H31N3O. The first kappa shape index (κ1) is 14.8. The Morgan fingerprint density at radius 2 is 2.05 bits per heavy atom. The molecule has 3 aliphatic heterocycles. The van der Waals surface area contributed by atoms with Crippen LogP contribution in [0.1, 0.15) is 26.2 Å². The molecule has 0 aliphatic carbocycles. The largest absolute Gasteiger partial charge is 0.379 e. The zero-order valence-corrected chi connectivity index (χ0v) is 13.0. The van der Waals surface area contributed by atoms with Crippen LogP contribution in [0.15, 0.2) is 0 Å². The molecule has 0 aromatic heterocycles. The maximum Gasteiger partial charge on any atom is 0.0594 e. The number of nitrogens with one attached hydrogen (secondary N) is 1. The summed E-state index contributed by atoms with van der Waals surface area (Å²) in [5.74, 6) is 1.74. The third-order valence-corrected chi connectivity index (χ3v) is 5.44. The number of hydrogen-bond donors (Lipinski definition) is 1. The summed E-state index contributed by atoms with van der Waals surface area (Å²) in [5, 5.41) is 3.55. The predicted octanol–water partition coefficient (Wildman–Crippen LogP) is 1.03. The number of hydrogen-bond acceptors (Lipinski definition) is 4. The predicted molar refractivity (Wildman–Crippen MR) is 82.0 cm³/mol. The second-order valence-corrected chi connectivity index (χ2v) is 6.81. The van der Waals surface area contributed by atoms with Crippen molar-refractivity contribution in [2.45, 2.75) is 32.2 Å². The fourth-order valence-electron chi connectivity index (χ4n) is 4.26. The van der Waals surface area contributed by atoms with E-state index in [9.17, 15) is 0 Å². The monoisotopic (exact) mass is 281 g/mol. The van der Waals surface area contributed by atoms with E-state index in [0.717, 1.165) is 44.2 Å². The normalized spacial score (nSPS) is 37.4. The van der Waals surface area contributed by atoms with Crippen LogP contribution in [0.25, 0.3) is 0 Å². The van der Waals surface area contributed by atoms with Crippen molar-refractivity contribution in [3.8, 4) is 0 Å². The van der Waals surface area contributed by atoms with Crippen molar-refractivity contribution in [1.82, 2.24) is 15.1 Å². The summed E-state index contributed by atoms with van der Waals surface area (Å²) in [6, 6.07) is 0.778. The number of nitrogens with zero attached hydrogens (tertiary/aromatic N) is 2. The summed E-state index contributed by atoms with van der Waals surface area (Å²) in [7, 11) is 0. The van der Waals surface area contributed by atoms with Gasteiger partial charge in [-0.2, -0.15) is 0 Å². The van der Waals surface area contributed by atoms with Gasteiger partial charge in [-0.25, -0.2) is 0 Å². The SMILES string of the molecule is CCC1CN(CC2CCCNC2)CC1N1CCOCC1. The minimum absolute atomic E-state index is 0.778. The van der Waals surface area contributed by atoms with E-state index in [1.165, 1.54) is 52.0 Å². The lowest BCUT2D eigenvalue weighted by Gasteiger charge is -2.35. The molecule has 3 atom stereocenters. The quantitative estimate of drug-likeness (QED) is 0.833. The van der Waals surface area contributed by atoms with Crippen molar-refractivity contribution in [3.63, 3.8) is 0 Å². The van der Waals surface area contributed by atoms with Gasteiger partial charge in [-0.1, -0.05) is 13.3 Å². The highest BCUT2D eigenvalue weighted by Gasteiger charge is 2.36. The van der Waals surface area contributed by atoms with Gasteiger partial charge in [-0.3, -0.25) is 4.90 Å². The number of rotatable bonds is 4. The van der Waals surface area contributed by atoms with E-state index in [4.69, 9.17) is 4.74 Å². The standard InChI is InChI=1S/C16H31N3O/c1-2-15-12-18(11-14-4-3-5-17-10-14)13-16(15)19-6-8-20-9-7-19/h14-17H,2-13H2,1H3. The van der Waals surface area contributed by atoms with Crippen molar-refractivity contribution >= 4 is 0 Å². The summed E-state index contributed by atoms with van der Waals surface area (Å²) >= 11 is 0. The molecule has 1 N–H and O–H groups in total. The lowest BCUT2D eigenvalue weighted by atomic mass is 9.99. The lowest BCUT2D eigenvalue weighted by molar-refractivity contribution is 0.00999. The van der Waals surface area contributed by atoms with Crippen molar-refractivity contribution in [2.24, 2.45) is 11.8 Å². The maximum atomic E-state index is 5.51. The van der Waals surface area contributed by atoms with Crippen LogP contribution in [0.3, 0.4) is 0 Å². The molecule has 3 saturated heterocycles. The molecule has 0 radical (unpaired) electrons. The Morgan fingerprint density at radius 3 is 2.75 bits per heavy atom. The molecule has 20 heavy (non-hydrogen) atoms. The summed E-state index contributed by atoms with van der Waals surface area (Å²) in [5.41, 5.74) is 0. The minimum atomic E-state index is 0.778. The van der Waals surface area contributed by atoms with Crippen LogP contribution in [0.5, 0.6) is 0 Å². The van der Waals surface area contributed by atoms with E-state index in [2.05, 4.69) is 22.0 Å². The number of likely N-dealkylation sites (tertiary alicyclic amines) is 1. The van der Waals surface area contributed by atoms with Crippen LogP contribution in [0.4, 0.5) is 0 Å². The average molecular weight is 281 g/mol. The first-order chi connectivity index (χ1) is 9.86. The average Bonchev–Trinajstić information content (AvgIpc) is 2.92. The molecule has 4 heteroatoms. The molecule has 3 heterocycles. The molecule has 0 spiro atoms. The summed E-state index contributed by atoms with van der Waals surface area (Å²) < 4.78 is 5.51. The summed E-state index contributed by atoms with van der Waals surface area (Å²) in [6.07, 6.45) is 4.10. The van der Waals surface area contributed by atoms with Gasteiger partial charge < -0.3 is 15.0 Å². The molecular weight excluding hydrogens is 250 g/mol. The molecule has 3 aliphatic rings. The summed E-state index contributed by atoms with van der Waals surface area (Å²) in [4.78, 5) is 5.43. The number of morpholine rings is 1. The van der Waals surface area contributed by atoms with E-state index >= 15 is 0 Å². The van der Waals surface area contributed by atoms with E-state index in [0.29, 0.717) is 0 Å². The molecule has 3 unspecified atom stereocenters. The molecule has 0 aromatic rings. The van der Waals surface area contributed by atoms with E-state index in [1.54, 1.807) is 0 Å². The topological polar surface area (TPSA) is 27.7 Å². The Bertz CT molecular complexity index is 287. The van der Waals surface area contributed by atoms with Crippen molar-refractivity contribution < 1.29 is 4.74 Å². The van der Waals surface area contributed by atoms with Crippen molar-refractivity contribution in [3.05, 3.63) is 0 Å². The third-order valence-electron chi connectivity index (χ3n) is 5.44. The molecule has 3 rings (SSSR count). The van der Waals surface area contributed by atoms with Gasteiger partial charge in [-0.05, 0) is 37.8 Å². The summed E-state index contributed by atoms with van der Waals surface area (Å²) in [6.45, 7) is 12.9. The highest BCUT2D eigenvalue weighted by molar-refractivity contribution is 4.92. The highest BCUT2D eigenvalue weighted by Crippen LogP contribution is 2.27. The first-order valence-electron chi connectivity index (χ1n) is 8.61. The smallest absolute Gasteiger partial charge is 0.0594 e. The van der Waals surface area contributed by atoms with E-state index < -0.39 is 0 Å². The van der Waals surface area contributed by atoms with Gasteiger partial charge in [0.1, 0.15) is 0 Å². The first-order valence-corrected chi connectivity index (χ1v) is 8.61. The van der Waals surface area contributed by atoms with Crippen LogP contribution in [0.2, 0.25) is 0 Å². The van der Waals surface area contributed by atoms with Gasteiger partial charge in [0.15, 0.2) is 0 Å². The Morgan fingerprint density at radius 1 is 1.20 bits per heavy atom. The van der Waals surface area contributed by atoms with Gasteiger partial charge in [-0.15, -0.1) is 0 Å². The van der Waals surface area contributed by atoms with Gasteiger partial charge in [0, 0.05) is 38.8 Å². The fourth-order valence-corrected chi connectivity index (χ4v) is 4.26. The zero-order valence-electron chi connectivity index (χ0n) is 13.0.